The highest BCUT2D eigenvalue weighted by molar-refractivity contribution is 5.76. The second kappa shape index (κ2) is 5.79. The van der Waals surface area contributed by atoms with Gasteiger partial charge in [0.25, 0.3) is 5.56 Å². The lowest BCUT2D eigenvalue weighted by Gasteiger charge is -2.07. The largest absolute Gasteiger partial charge is 0.383 e. The zero-order valence-electron chi connectivity index (χ0n) is 14.4. The van der Waals surface area contributed by atoms with Crippen LogP contribution in [0.15, 0.2) is 22.2 Å². The summed E-state index contributed by atoms with van der Waals surface area (Å²) in [7, 11) is 3.16. The topological polar surface area (TPSA) is 75.5 Å². The van der Waals surface area contributed by atoms with E-state index in [1.54, 1.807) is 13.1 Å². The van der Waals surface area contributed by atoms with Gasteiger partial charge in [0, 0.05) is 32.1 Å². The molecule has 8 nitrogen and oxygen atoms in total. The number of hydrogen-bond donors (Lipinski definition) is 0. The van der Waals surface area contributed by atoms with Gasteiger partial charge < -0.3 is 9.30 Å². The van der Waals surface area contributed by atoms with Crippen LogP contribution >= 0.6 is 0 Å². The highest BCUT2D eigenvalue weighted by atomic mass is 16.5. The van der Waals surface area contributed by atoms with Crippen LogP contribution in [0.4, 0.5) is 0 Å². The number of nitrogens with zero attached hydrogens (tertiary/aromatic N) is 5. The van der Waals surface area contributed by atoms with Crippen LogP contribution in [0.3, 0.4) is 0 Å². The Balaban J connectivity index is 2.49. The van der Waals surface area contributed by atoms with Crippen LogP contribution in [0.5, 0.6) is 0 Å². The van der Waals surface area contributed by atoms with E-state index in [0.29, 0.717) is 23.5 Å². The minimum Gasteiger partial charge on any atom is -0.383 e. The molecule has 3 aromatic rings. The van der Waals surface area contributed by atoms with Crippen LogP contribution < -0.4 is 11.2 Å². The summed E-state index contributed by atoms with van der Waals surface area (Å²) in [6, 6.07) is 0. The summed E-state index contributed by atoms with van der Waals surface area (Å²) < 4.78 is 11.4. The first-order chi connectivity index (χ1) is 11.4. The standard InChI is InChI=1S/C16H21N5O3/c1-6-7-19-10(2)11(3)21-12-13(17-15(19)21)18(4)16(23)20(14(12)22)8-9-24-5/h6H,1,7-9H2,2-5H3. The van der Waals surface area contributed by atoms with Gasteiger partial charge in [0.2, 0.25) is 5.78 Å². The average Bonchev–Trinajstić information content (AvgIpc) is 3.05. The third-order valence-corrected chi connectivity index (χ3v) is 4.46. The molecule has 24 heavy (non-hydrogen) atoms. The Hall–Kier alpha value is -2.61. The number of allylic oxidation sites excluding steroid dienone is 1. The van der Waals surface area contributed by atoms with Crippen LogP contribution in [0.2, 0.25) is 0 Å². The van der Waals surface area contributed by atoms with Crippen molar-refractivity contribution in [2.75, 3.05) is 13.7 Å². The molecule has 0 fully saturated rings. The minimum atomic E-state index is -0.394. The highest BCUT2D eigenvalue weighted by Gasteiger charge is 2.21. The van der Waals surface area contributed by atoms with Gasteiger partial charge in [0.15, 0.2) is 11.2 Å². The molecule has 0 bridgehead atoms. The number of ether oxygens (including phenoxy) is 1. The molecule has 0 aliphatic rings. The number of aromatic nitrogens is 5. The van der Waals surface area contributed by atoms with Crippen molar-refractivity contribution in [2.24, 2.45) is 7.05 Å². The predicted molar refractivity (Wildman–Crippen MR) is 91.7 cm³/mol. The van der Waals surface area contributed by atoms with Gasteiger partial charge in [0.1, 0.15) is 0 Å². The van der Waals surface area contributed by atoms with E-state index in [4.69, 9.17) is 4.74 Å². The molecule has 0 unspecified atom stereocenters. The van der Waals surface area contributed by atoms with Gasteiger partial charge in [-0.05, 0) is 13.8 Å². The third-order valence-electron chi connectivity index (χ3n) is 4.46. The maximum Gasteiger partial charge on any atom is 0.332 e. The van der Waals surface area contributed by atoms with Gasteiger partial charge >= 0.3 is 5.69 Å². The van der Waals surface area contributed by atoms with Gasteiger partial charge in [-0.2, -0.15) is 4.98 Å². The molecule has 0 saturated carbocycles. The summed E-state index contributed by atoms with van der Waals surface area (Å²) in [6.45, 7) is 8.76. The van der Waals surface area contributed by atoms with E-state index in [1.165, 1.54) is 16.2 Å². The Morgan fingerprint density at radius 1 is 1.21 bits per heavy atom. The first kappa shape index (κ1) is 16.3. The van der Waals surface area contributed by atoms with Crippen LogP contribution in [-0.4, -0.2) is 36.8 Å². The van der Waals surface area contributed by atoms with Crippen molar-refractivity contribution in [3.05, 3.63) is 44.9 Å². The van der Waals surface area contributed by atoms with E-state index in [2.05, 4.69) is 11.6 Å². The Morgan fingerprint density at radius 2 is 1.92 bits per heavy atom. The van der Waals surface area contributed by atoms with Gasteiger partial charge in [-0.1, -0.05) is 6.08 Å². The van der Waals surface area contributed by atoms with Crippen molar-refractivity contribution in [2.45, 2.75) is 26.9 Å². The van der Waals surface area contributed by atoms with Gasteiger partial charge in [0.05, 0.1) is 13.2 Å². The molecule has 0 amide bonds. The van der Waals surface area contributed by atoms with Crippen LogP contribution in [-0.2, 0) is 24.9 Å². The minimum absolute atomic E-state index is 0.205. The van der Waals surface area contributed by atoms with Crippen molar-refractivity contribution in [3.63, 3.8) is 0 Å². The summed E-state index contributed by atoms with van der Waals surface area (Å²) in [5, 5.41) is 0. The third kappa shape index (κ3) is 2.06. The van der Waals surface area contributed by atoms with E-state index in [1.807, 2.05) is 22.8 Å². The zero-order valence-corrected chi connectivity index (χ0v) is 14.4. The Labute approximate surface area is 138 Å². The van der Waals surface area contributed by atoms with Crippen molar-refractivity contribution < 1.29 is 4.74 Å². The Morgan fingerprint density at radius 3 is 2.54 bits per heavy atom. The smallest absolute Gasteiger partial charge is 0.332 e. The van der Waals surface area contributed by atoms with Crippen LogP contribution in [0.1, 0.15) is 11.4 Å². The molecule has 0 radical (unpaired) electrons. The number of hydrogen-bond acceptors (Lipinski definition) is 4. The fraction of sp³-hybridized carbons (Fsp3) is 0.438. The van der Waals surface area contributed by atoms with E-state index in [9.17, 15) is 9.59 Å². The lowest BCUT2D eigenvalue weighted by Crippen LogP contribution is -2.40. The first-order valence-corrected chi connectivity index (χ1v) is 7.71. The molecule has 3 heterocycles. The van der Waals surface area contributed by atoms with E-state index in [-0.39, 0.29) is 18.7 Å². The first-order valence-electron chi connectivity index (χ1n) is 7.71. The zero-order chi connectivity index (χ0) is 17.6. The normalized spacial score (nSPS) is 11.7. The number of rotatable bonds is 5. The molecule has 0 aromatic carbocycles. The van der Waals surface area contributed by atoms with Crippen LogP contribution in [0.25, 0.3) is 16.9 Å². The molecule has 0 spiro atoms. The second-order valence-corrected chi connectivity index (χ2v) is 5.78. The fourth-order valence-electron chi connectivity index (χ4n) is 3.04. The lowest BCUT2D eigenvalue weighted by atomic mass is 10.3. The lowest BCUT2D eigenvalue weighted by molar-refractivity contribution is 0.184. The summed E-state index contributed by atoms with van der Waals surface area (Å²) in [6.07, 6.45) is 1.78. The van der Waals surface area contributed by atoms with Crippen molar-refractivity contribution in [1.82, 2.24) is 23.1 Å². The predicted octanol–water partition coefficient (Wildman–Crippen LogP) is 0.599. The molecular formula is C16H21N5O3. The number of aryl methyl sites for hydroxylation is 2. The quantitative estimate of drug-likeness (QED) is 0.642. The molecule has 128 valence electrons. The molecular weight excluding hydrogens is 310 g/mol. The molecule has 3 rings (SSSR count). The summed E-state index contributed by atoms with van der Waals surface area (Å²) >= 11 is 0. The van der Waals surface area contributed by atoms with Crippen molar-refractivity contribution in [3.8, 4) is 0 Å². The summed E-state index contributed by atoms with van der Waals surface area (Å²) in [5.74, 6) is 0.636. The number of fused-ring (bicyclic) bond motifs is 3. The molecule has 0 atom stereocenters. The summed E-state index contributed by atoms with van der Waals surface area (Å²) in [4.78, 5) is 29.9. The Bertz CT molecular complexity index is 1060. The number of imidazole rings is 2. The molecule has 0 N–H and O–H groups in total. The van der Waals surface area contributed by atoms with E-state index < -0.39 is 5.69 Å². The molecule has 0 saturated heterocycles. The molecule has 0 aliphatic carbocycles. The molecule has 0 aliphatic heterocycles. The second-order valence-electron chi connectivity index (χ2n) is 5.78. The molecule has 8 heteroatoms. The fourth-order valence-corrected chi connectivity index (χ4v) is 3.04. The maximum atomic E-state index is 12.9. The van der Waals surface area contributed by atoms with Gasteiger partial charge in [-0.15, -0.1) is 6.58 Å². The van der Waals surface area contributed by atoms with E-state index in [0.717, 1.165) is 11.4 Å². The van der Waals surface area contributed by atoms with Crippen LogP contribution in [0, 0.1) is 13.8 Å². The molecule has 3 aromatic heterocycles. The van der Waals surface area contributed by atoms with Crippen molar-refractivity contribution in [1.29, 1.82) is 0 Å². The average molecular weight is 331 g/mol. The van der Waals surface area contributed by atoms with Gasteiger partial charge in [-0.25, -0.2) is 4.79 Å². The van der Waals surface area contributed by atoms with Gasteiger partial charge in [-0.3, -0.25) is 18.3 Å². The Kier molecular flexibility index (Phi) is 3.92. The van der Waals surface area contributed by atoms with Crippen molar-refractivity contribution >= 4 is 16.9 Å². The van der Waals surface area contributed by atoms with E-state index >= 15 is 0 Å². The highest BCUT2D eigenvalue weighted by Crippen LogP contribution is 2.20. The summed E-state index contributed by atoms with van der Waals surface area (Å²) in [5.41, 5.74) is 1.98. The number of methoxy groups -OCH3 is 1. The SMILES string of the molecule is C=CCn1c(C)c(C)n2c3c(=O)n(CCOC)c(=O)n(C)c3nc12. The monoisotopic (exact) mass is 331 g/mol. The maximum absolute atomic E-state index is 12.9.